The minimum Gasteiger partial charge on any atom is -0.367 e. The normalized spacial score (nSPS) is 20.6. The van der Waals surface area contributed by atoms with Crippen LogP contribution >= 0.6 is 0 Å². The fraction of sp³-hybridized carbons (Fsp3) is 0.357. The van der Waals surface area contributed by atoms with Gasteiger partial charge in [-0.1, -0.05) is 0 Å². The second-order valence-electron chi connectivity index (χ2n) is 5.00. The number of anilines is 2. The van der Waals surface area contributed by atoms with E-state index in [2.05, 4.69) is 25.5 Å². The fourth-order valence-electron chi connectivity index (χ4n) is 2.48. The molecule has 7 nitrogen and oxygen atoms in total. The van der Waals surface area contributed by atoms with Crippen LogP contribution in [-0.4, -0.2) is 45.5 Å². The summed E-state index contributed by atoms with van der Waals surface area (Å²) in [6.07, 6.45) is 4.02. The summed E-state index contributed by atoms with van der Waals surface area (Å²) in [6.45, 7) is 0.821. The first-order valence-corrected chi connectivity index (χ1v) is 6.90. The van der Waals surface area contributed by atoms with Crippen molar-refractivity contribution in [2.75, 3.05) is 23.3 Å². The Kier molecular flexibility index (Phi) is 4.05. The SMILES string of the molecule is N#Cc1cnc(NC[C@@H]2C[C@H](F)CN2c2cccnn2)cn1. The summed E-state index contributed by atoms with van der Waals surface area (Å²) in [5.41, 5.74) is 0.261. The fourth-order valence-corrected chi connectivity index (χ4v) is 2.48. The van der Waals surface area contributed by atoms with Crippen LogP contribution in [0.15, 0.2) is 30.7 Å². The third-order valence-electron chi connectivity index (χ3n) is 3.50. The topological polar surface area (TPSA) is 90.6 Å². The zero-order chi connectivity index (χ0) is 15.4. The number of rotatable bonds is 4. The van der Waals surface area contributed by atoms with E-state index in [-0.39, 0.29) is 11.7 Å². The molecule has 0 unspecified atom stereocenters. The highest BCUT2D eigenvalue weighted by Crippen LogP contribution is 2.25. The molecule has 2 atom stereocenters. The van der Waals surface area contributed by atoms with Crippen LogP contribution in [-0.2, 0) is 0 Å². The molecular weight excluding hydrogens is 285 g/mol. The first-order valence-electron chi connectivity index (χ1n) is 6.90. The lowest BCUT2D eigenvalue weighted by Crippen LogP contribution is -2.35. The van der Waals surface area contributed by atoms with Crippen LogP contribution in [0.4, 0.5) is 16.0 Å². The van der Waals surface area contributed by atoms with E-state index < -0.39 is 6.17 Å². The number of halogens is 1. The first-order chi connectivity index (χ1) is 10.8. The highest BCUT2D eigenvalue weighted by Gasteiger charge is 2.32. The summed E-state index contributed by atoms with van der Waals surface area (Å²) in [4.78, 5) is 9.93. The van der Waals surface area contributed by atoms with Gasteiger partial charge in [-0.15, -0.1) is 5.10 Å². The van der Waals surface area contributed by atoms with E-state index in [0.717, 1.165) is 0 Å². The number of hydrogen-bond acceptors (Lipinski definition) is 7. The summed E-state index contributed by atoms with van der Waals surface area (Å²) >= 11 is 0. The number of nitriles is 1. The number of nitrogens with one attached hydrogen (secondary N) is 1. The van der Waals surface area contributed by atoms with Gasteiger partial charge in [0.2, 0.25) is 0 Å². The third-order valence-corrected chi connectivity index (χ3v) is 3.50. The monoisotopic (exact) mass is 299 g/mol. The zero-order valence-corrected chi connectivity index (χ0v) is 11.7. The van der Waals surface area contributed by atoms with Crippen molar-refractivity contribution >= 4 is 11.6 Å². The maximum Gasteiger partial charge on any atom is 0.158 e. The van der Waals surface area contributed by atoms with Crippen molar-refractivity contribution in [1.82, 2.24) is 20.2 Å². The van der Waals surface area contributed by atoms with E-state index in [0.29, 0.717) is 31.1 Å². The van der Waals surface area contributed by atoms with Crippen molar-refractivity contribution in [2.45, 2.75) is 18.6 Å². The van der Waals surface area contributed by atoms with Gasteiger partial charge in [0.15, 0.2) is 11.5 Å². The van der Waals surface area contributed by atoms with Crippen LogP contribution in [0.2, 0.25) is 0 Å². The Morgan fingerprint density at radius 2 is 2.32 bits per heavy atom. The molecule has 112 valence electrons. The average molecular weight is 299 g/mol. The van der Waals surface area contributed by atoms with Gasteiger partial charge >= 0.3 is 0 Å². The van der Waals surface area contributed by atoms with Gasteiger partial charge in [-0.2, -0.15) is 10.4 Å². The van der Waals surface area contributed by atoms with Gasteiger partial charge < -0.3 is 10.2 Å². The minimum absolute atomic E-state index is 0.0378. The molecule has 1 saturated heterocycles. The molecule has 0 spiro atoms. The van der Waals surface area contributed by atoms with Crippen LogP contribution in [0.5, 0.6) is 0 Å². The summed E-state index contributed by atoms with van der Waals surface area (Å²) in [5.74, 6) is 1.22. The summed E-state index contributed by atoms with van der Waals surface area (Å²) in [6, 6.07) is 5.47. The molecule has 8 heteroatoms. The molecule has 0 aliphatic carbocycles. The number of nitrogens with zero attached hydrogens (tertiary/aromatic N) is 6. The second-order valence-corrected chi connectivity index (χ2v) is 5.00. The Morgan fingerprint density at radius 1 is 1.41 bits per heavy atom. The van der Waals surface area contributed by atoms with Crippen molar-refractivity contribution in [1.29, 1.82) is 5.26 Å². The molecule has 0 aromatic carbocycles. The van der Waals surface area contributed by atoms with Crippen LogP contribution in [0, 0.1) is 11.3 Å². The van der Waals surface area contributed by atoms with Crippen molar-refractivity contribution in [2.24, 2.45) is 0 Å². The quantitative estimate of drug-likeness (QED) is 0.906. The molecule has 0 radical (unpaired) electrons. The van der Waals surface area contributed by atoms with E-state index in [9.17, 15) is 4.39 Å². The summed E-state index contributed by atoms with van der Waals surface area (Å²) in [5, 5.41) is 19.7. The van der Waals surface area contributed by atoms with Gasteiger partial charge in [-0.05, 0) is 12.1 Å². The molecule has 0 bridgehead atoms. The van der Waals surface area contributed by atoms with Gasteiger partial charge in [-0.25, -0.2) is 14.4 Å². The molecule has 1 N–H and O–H groups in total. The highest BCUT2D eigenvalue weighted by atomic mass is 19.1. The lowest BCUT2D eigenvalue weighted by molar-refractivity contribution is 0.357. The molecule has 1 aliphatic rings. The van der Waals surface area contributed by atoms with Crippen LogP contribution < -0.4 is 10.2 Å². The van der Waals surface area contributed by atoms with Gasteiger partial charge in [0.1, 0.15) is 18.1 Å². The molecule has 3 rings (SSSR count). The largest absolute Gasteiger partial charge is 0.367 e. The molecule has 22 heavy (non-hydrogen) atoms. The van der Waals surface area contributed by atoms with Crippen molar-refractivity contribution in [3.63, 3.8) is 0 Å². The Hall–Kier alpha value is -2.82. The molecule has 1 aliphatic heterocycles. The van der Waals surface area contributed by atoms with Crippen molar-refractivity contribution < 1.29 is 4.39 Å². The maximum atomic E-state index is 13.8. The second kappa shape index (κ2) is 6.30. The smallest absolute Gasteiger partial charge is 0.158 e. The van der Waals surface area contributed by atoms with Crippen LogP contribution in [0.3, 0.4) is 0 Å². The lowest BCUT2D eigenvalue weighted by Gasteiger charge is -2.25. The van der Waals surface area contributed by atoms with Gasteiger partial charge in [0.25, 0.3) is 0 Å². The molecule has 0 saturated carbocycles. The van der Waals surface area contributed by atoms with Crippen LogP contribution in [0.1, 0.15) is 12.1 Å². The zero-order valence-electron chi connectivity index (χ0n) is 11.7. The Balaban J connectivity index is 1.66. The molecule has 2 aromatic rings. The van der Waals surface area contributed by atoms with E-state index >= 15 is 0 Å². The van der Waals surface area contributed by atoms with Crippen LogP contribution in [0.25, 0.3) is 0 Å². The van der Waals surface area contributed by atoms with Gasteiger partial charge in [0.05, 0.1) is 25.0 Å². The average Bonchev–Trinajstić information content (AvgIpc) is 2.95. The maximum absolute atomic E-state index is 13.8. The van der Waals surface area contributed by atoms with E-state index in [1.807, 2.05) is 17.0 Å². The highest BCUT2D eigenvalue weighted by molar-refractivity contribution is 5.42. The molecule has 1 fully saturated rings. The van der Waals surface area contributed by atoms with Crippen molar-refractivity contribution in [3.05, 3.63) is 36.4 Å². The number of alkyl halides is 1. The summed E-state index contributed by atoms with van der Waals surface area (Å²) < 4.78 is 13.8. The first kappa shape index (κ1) is 14.1. The Bertz CT molecular complexity index is 655. The summed E-state index contributed by atoms with van der Waals surface area (Å²) in [7, 11) is 0. The van der Waals surface area contributed by atoms with E-state index in [4.69, 9.17) is 5.26 Å². The molecular formula is C14H14FN7. The standard InChI is InChI=1S/C14H14FN7/c15-10-4-12(22(9-10)14-2-1-3-20-21-14)7-19-13-8-17-11(5-16)6-18-13/h1-3,6,8,10,12H,4,7,9H2,(H,18,19)/t10-,12-/m0/s1. The lowest BCUT2D eigenvalue weighted by atomic mass is 10.2. The van der Waals surface area contributed by atoms with E-state index in [1.165, 1.54) is 12.4 Å². The number of aromatic nitrogens is 4. The molecule has 3 heterocycles. The van der Waals surface area contributed by atoms with Gasteiger partial charge in [0, 0.05) is 19.2 Å². The predicted octanol–water partition coefficient (Wildman–Crippen LogP) is 1.17. The van der Waals surface area contributed by atoms with Gasteiger partial charge in [-0.3, -0.25) is 0 Å². The van der Waals surface area contributed by atoms with E-state index in [1.54, 1.807) is 12.3 Å². The predicted molar refractivity (Wildman–Crippen MR) is 77.9 cm³/mol. The minimum atomic E-state index is -0.888. The van der Waals surface area contributed by atoms with Crippen molar-refractivity contribution in [3.8, 4) is 6.07 Å². The third kappa shape index (κ3) is 3.09. The Labute approximate surface area is 126 Å². The molecule has 2 aromatic heterocycles. The Morgan fingerprint density at radius 3 is 3.00 bits per heavy atom. The molecule has 0 amide bonds. The number of hydrogen-bond donors (Lipinski definition) is 1.